The van der Waals surface area contributed by atoms with Crippen LogP contribution >= 0.6 is 0 Å². The van der Waals surface area contributed by atoms with Gasteiger partial charge in [-0.3, -0.25) is 14.5 Å². The monoisotopic (exact) mass is 404 g/mol. The maximum atomic E-state index is 13.2. The second-order valence-corrected chi connectivity index (χ2v) is 7.74. The van der Waals surface area contributed by atoms with Crippen molar-refractivity contribution in [2.45, 2.75) is 31.7 Å². The molecule has 30 heavy (non-hydrogen) atoms. The van der Waals surface area contributed by atoms with Gasteiger partial charge in [0.2, 0.25) is 0 Å². The van der Waals surface area contributed by atoms with Gasteiger partial charge in [-0.05, 0) is 49.6 Å². The van der Waals surface area contributed by atoms with Crippen molar-refractivity contribution >= 4 is 22.6 Å². The van der Waals surface area contributed by atoms with Gasteiger partial charge in [-0.2, -0.15) is 5.10 Å². The van der Waals surface area contributed by atoms with Crippen molar-refractivity contribution < 1.29 is 9.18 Å². The molecule has 8 heteroatoms. The fourth-order valence-corrected chi connectivity index (χ4v) is 3.71. The highest BCUT2D eigenvalue weighted by molar-refractivity contribution is 6.05. The van der Waals surface area contributed by atoms with Crippen LogP contribution in [0.25, 0.3) is 16.9 Å². The minimum absolute atomic E-state index is 0.105. The van der Waals surface area contributed by atoms with Crippen molar-refractivity contribution in [1.82, 2.24) is 19.7 Å². The van der Waals surface area contributed by atoms with Gasteiger partial charge in [0.25, 0.3) is 5.91 Å². The standard InChI is InChI=1S/C22H21FN6O/c1-12(13-4-6-15(23)7-5-13)26-16-8-17(22(24)30)21-19(9-16)29(11-25-21)20-10-18(27-28-20)14-2-3-14/h4-12,14,26H,2-3H2,1H3,(H2,24,30)(H,27,28)/t12-/m0/s1. The van der Waals surface area contributed by atoms with Crippen molar-refractivity contribution in [2.24, 2.45) is 5.73 Å². The second-order valence-electron chi connectivity index (χ2n) is 7.74. The molecule has 1 saturated carbocycles. The predicted octanol–water partition coefficient (Wildman–Crippen LogP) is 4.04. The third-order valence-corrected chi connectivity index (χ3v) is 5.52. The molecule has 2 aromatic carbocycles. The lowest BCUT2D eigenvalue weighted by Crippen LogP contribution is -2.13. The summed E-state index contributed by atoms with van der Waals surface area (Å²) in [6.45, 7) is 1.97. The Labute approximate surface area is 172 Å². The summed E-state index contributed by atoms with van der Waals surface area (Å²) in [6.07, 6.45) is 4.00. The highest BCUT2D eigenvalue weighted by Gasteiger charge is 2.26. The first-order chi connectivity index (χ1) is 14.5. The summed E-state index contributed by atoms with van der Waals surface area (Å²) in [6, 6.07) is 11.8. The van der Waals surface area contributed by atoms with Crippen molar-refractivity contribution in [2.75, 3.05) is 5.32 Å². The number of fused-ring (bicyclic) bond motifs is 1. The van der Waals surface area contributed by atoms with Gasteiger partial charge >= 0.3 is 0 Å². The van der Waals surface area contributed by atoms with Gasteiger partial charge in [0, 0.05) is 29.4 Å². The molecule has 1 fully saturated rings. The van der Waals surface area contributed by atoms with Gasteiger partial charge in [-0.25, -0.2) is 9.37 Å². The van der Waals surface area contributed by atoms with Gasteiger partial charge in [0.15, 0.2) is 5.82 Å². The lowest BCUT2D eigenvalue weighted by Gasteiger charge is -2.17. The number of carbonyl (C=O) groups is 1. The van der Waals surface area contributed by atoms with E-state index < -0.39 is 5.91 Å². The molecule has 1 aliphatic carbocycles. The summed E-state index contributed by atoms with van der Waals surface area (Å²) in [4.78, 5) is 16.5. The maximum absolute atomic E-state index is 13.2. The molecule has 4 N–H and O–H groups in total. The molecule has 7 nitrogen and oxygen atoms in total. The van der Waals surface area contributed by atoms with Crippen LogP contribution in [0.5, 0.6) is 0 Å². The molecule has 0 unspecified atom stereocenters. The lowest BCUT2D eigenvalue weighted by molar-refractivity contribution is 0.100. The molecule has 1 amide bonds. The van der Waals surface area contributed by atoms with E-state index in [9.17, 15) is 9.18 Å². The Morgan fingerprint density at radius 1 is 1.27 bits per heavy atom. The Morgan fingerprint density at radius 3 is 2.73 bits per heavy atom. The van der Waals surface area contributed by atoms with Gasteiger partial charge in [-0.15, -0.1) is 0 Å². The third-order valence-electron chi connectivity index (χ3n) is 5.52. The molecule has 0 spiro atoms. The van der Waals surface area contributed by atoms with Gasteiger partial charge < -0.3 is 11.1 Å². The summed E-state index contributed by atoms with van der Waals surface area (Å²) in [7, 11) is 0. The van der Waals surface area contributed by atoms with E-state index in [0.29, 0.717) is 22.7 Å². The molecule has 0 bridgehead atoms. The van der Waals surface area contributed by atoms with Crippen LogP contribution in [0.3, 0.4) is 0 Å². The van der Waals surface area contributed by atoms with Gasteiger partial charge in [0.1, 0.15) is 17.7 Å². The Bertz CT molecular complexity index is 1240. The predicted molar refractivity (Wildman–Crippen MR) is 112 cm³/mol. The van der Waals surface area contributed by atoms with Crippen molar-refractivity contribution in [1.29, 1.82) is 0 Å². The zero-order chi connectivity index (χ0) is 20.8. The van der Waals surface area contributed by atoms with E-state index in [2.05, 4.69) is 20.5 Å². The topological polar surface area (TPSA) is 102 Å². The number of imidazole rings is 1. The number of halogens is 1. The number of hydrogen-bond donors (Lipinski definition) is 3. The number of benzene rings is 2. The quantitative estimate of drug-likeness (QED) is 0.451. The molecule has 152 valence electrons. The number of primary amides is 1. The van der Waals surface area contributed by atoms with E-state index in [-0.39, 0.29) is 11.9 Å². The van der Waals surface area contributed by atoms with E-state index in [0.717, 1.165) is 22.6 Å². The molecule has 4 aromatic rings. The van der Waals surface area contributed by atoms with Crippen LogP contribution in [0.1, 0.15) is 53.3 Å². The van der Waals surface area contributed by atoms with Crippen molar-refractivity contribution in [3.8, 4) is 5.82 Å². The van der Waals surface area contributed by atoms with E-state index >= 15 is 0 Å². The summed E-state index contributed by atoms with van der Waals surface area (Å²) in [5.41, 5.74) is 9.97. The molecule has 1 aliphatic rings. The Morgan fingerprint density at radius 2 is 2.03 bits per heavy atom. The van der Waals surface area contributed by atoms with Crippen LogP contribution in [0.4, 0.5) is 10.1 Å². The maximum Gasteiger partial charge on any atom is 0.251 e. The highest BCUT2D eigenvalue weighted by atomic mass is 19.1. The molecule has 2 heterocycles. The molecule has 0 saturated heterocycles. The van der Waals surface area contributed by atoms with Crippen LogP contribution in [0.15, 0.2) is 48.8 Å². The van der Waals surface area contributed by atoms with E-state index in [1.807, 2.05) is 23.6 Å². The zero-order valence-corrected chi connectivity index (χ0v) is 16.4. The van der Waals surface area contributed by atoms with E-state index in [1.54, 1.807) is 24.5 Å². The molecular weight excluding hydrogens is 383 g/mol. The average molecular weight is 404 g/mol. The number of carbonyl (C=O) groups excluding carboxylic acids is 1. The third kappa shape index (κ3) is 3.30. The van der Waals surface area contributed by atoms with Crippen LogP contribution in [0, 0.1) is 5.82 Å². The number of anilines is 1. The SMILES string of the molecule is C[C@H](Nc1cc(C(N)=O)c2ncn(-c3cc(C4CC4)[nH]n3)c2c1)c1ccc(F)cc1. The highest BCUT2D eigenvalue weighted by Crippen LogP contribution is 2.39. The van der Waals surface area contributed by atoms with Gasteiger partial charge in [0.05, 0.1) is 11.1 Å². The van der Waals surface area contributed by atoms with Gasteiger partial charge in [-0.1, -0.05) is 12.1 Å². The zero-order valence-electron chi connectivity index (χ0n) is 16.4. The fourth-order valence-electron chi connectivity index (χ4n) is 3.71. The fraction of sp³-hybridized carbons (Fsp3) is 0.227. The summed E-state index contributed by atoms with van der Waals surface area (Å²) in [5.74, 6) is 0.440. The van der Waals surface area contributed by atoms with Crippen LogP contribution in [-0.2, 0) is 0 Å². The molecule has 2 aromatic heterocycles. The number of H-pyrrole nitrogens is 1. The second kappa shape index (κ2) is 6.98. The number of amides is 1. The molecule has 0 aliphatic heterocycles. The number of nitrogens with zero attached hydrogens (tertiary/aromatic N) is 3. The van der Waals surface area contributed by atoms with Crippen LogP contribution in [-0.4, -0.2) is 25.7 Å². The van der Waals surface area contributed by atoms with E-state index in [4.69, 9.17) is 5.73 Å². The van der Waals surface area contributed by atoms with Crippen molar-refractivity contribution in [3.05, 3.63) is 71.4 Å². The summed E-state index contributed by atoms with van der Waals surface area (Å²) in [5, 5.41) is 10.9. The smallest absolute Gasteiger partial charge is 0.251 e. The molecule has 0 radical (unpaired) electrons. The lowest BCUT2D eigenvalue weighted by atomic mass is 10.1. The minimum Gasteiger partial charge on any atom is -0.378 e. The minimum atomic E-state index is -0.552. The normalized spacial score (nSPS) is 14.7. The largest absolute Gasteiger partial charge is 0.378 e. The molecule has 5 rings (SSSR count). The van der Waals surface area contributed by atoms with Crippen LogP contribution in [0.2, 0.25) is 0 Å². The summed E-state index contributed by atoms with van der Waals surface area (Å²) < 4.78 is 15.1. The first-order valence-electron chi connectivity index (χ1n) is 9.88. The first kappa shape index (κ1) is 18.4. The molecular formula is C22H21FN6O. The average Bonchev–Trinajstić information content (AvgIpc) is 3.30. The first-order valence-corrected chi connectivity index (χ1v) is 9.88. The summed E-state index contributed by atoms with van der Waals surface area (Å²) >= 11 is 0. The number of nitrogens with two attached hydrogens (primary N) is 1. The number of hydrogen-bond acceptors (Lipinski definition) is 4. The number of rotatable bonds is 6. The Hall–Kier alpha value is -3.68. The van der Waals surface area contributed by atoms with E-state index in [1.165, 1.54) is 25.0 Å². The Kier molecular flexibility index (Phi) is 4.27. The van der Waals surface area contributed by atoms with Crippen LogP contribution < -0.4 is 11.1 Å². The Balaban J connectivity index is 1.54. The van der Waals surface area contributed by atoms with Crippen molar-refractivity contribution in [3.63, 3.8) is 0 Å². The number of aromatic amines is 1. The number of nitrogens with one attached hydrogen (secondary N) is 2. The number of aromatic nitrogens is 4. The molecule has 1 atom stereocenters.